The number of nitrogens with zero attached hydrogens (tertiary/aromatic N) is 3. The van der Waals surface area contributed by atoms with E-state index in [1.54, 1.807) is 18.0 Å². The van der Waals surface area contributed by atoms with Gasteiger partial charge in [0.25, 0.3) is 5.91 Å². The molecule has 2 heterocycles. The van der Waals surface area contributed by atoms with Crippen LogP contribution in [0, 0.1) is 0 Å². The summed E-state index contributed by atoms with van der Waals surface area (Å²) in [7, 11) is 0. The molecule has 4 rings (SSSR count). The average Bonchev–Trinajstić information content (AvgIpc) is 3.35. The molecular formula is C26H30N4O2S. The van der Waals surface area contributed by atoms with Gasteiger partial charge in [0.1, 0.15) is 0 Å². The van der Waals surface area contributed by atoms with E-state index in [4.69, 9.17) is 0 Å². The Morgan fingerprint density at radius 3 is 2.42 bits per heavy atom. The van der Waals surface area contributed by atoms with Crippen LogP contribution in [0.5, 0.6) is 0 Å². The van der Waals surface area contributed by atoms with Gasteiger partial charge in [-0.05, 0) is 55.3 Å². The highest BCUT2D eigenvalue weighted by Crippen LogP contribution is 2.24. The van der Waals surface area contributed by atoms with Crippen LogP contribution in [0.3, 0.4) is 0 Å². The molecule has 0 bridgehead atoms. The zero-order valence-corrected chi connectivity index (χ0v) is 19.9. The number of rotatable bonds is 7. The first-order chi connectivity index (χ1) is 16.1. The molecule has 1 N–H and O–H groups in total. The van der Waals surface area contributed by atoms with Gasteiger partial charge in [-0.2, -0.15) is 0 Å². The molecule has 0 aliphatic carbocycles. The topological polar surface area (TPSA) is 67.2 Å². The van der Waals surface area contributed by atoms with Crippen LogP contribution in [-0.4, -0.2) is 51.7 Å². The second-order valence-electron chi connectivity index (χ2n) is 8.28. The van der Waals surface area contributed by atoms with Crippen LogP contribution in [0.4, 0.5) is 0 Å². The minimum Gasteiger partial charge on any atom is -0.349 e. The number of likely N-dealkylation sites (tertiary alicyclic amines) is 1. The van der Waals surface area contributed by atoms with Crippen molar-refractivity contribution in [2.45, 2.75) is 43.3 Å². The molecular weight excluding hydrogens is 432 g/mol. The second-order valence-corrected chi connectivity index (χ2v) is 9.05. The SMILES string of the molecule is CCC(C(=O)N1CCC(NC(=O)c2ccc(-n3ccnc3SC)cc2)CC1)c1ccccc1. The van der Waals surface area contributed by atoms with Gasteiger partial charge in [0.15, 0.2) is 5.16 Å². The van der Waals surface area contributed by atoms with Crippen molar-refractivity contribution in [1.29, 1.82) is 0 Å². The lowest BCUT2D eigenvalue weighted by Gasteiger charge is -2.34. The average molecular weight is 463 g/mol. The van der Waals surface area contributed by atoms with Gasteiger partial charge in [-0.15, -0.1) is 0 Å². The highest BCUT2D eigenvalue weighted by Gasteiger charge is 2.28. The first-order valence-electron chi connectivity index (χ1n) is 11.4. The first-order valence-corrected chi connectivity index (χ1v) is 12.7. The van der Waals surface area contributed by atoms with Gasteiger partial charge >= 0.3 is 0 Å². The Balaban J connectivity index is 1.31. The molecule has 0 radical (unpaired) electrons. The maximum atomic E-state index is 13.1. The zero-order valence-electron chi connectivity index (χ0n) is 19.1. The Hall–Kier alpha value is -3.06. The number of imidazole rings is 1. The van der Waals surface area contributed by atoms with Crippen LogP contribution < -0.4 is 5.32 Å². The van der Waals surface area contributed by atoms with Crippen LogP contribution in [0.25, 0.3) is 5.69 Å². The minimum absolute atomic E-state index is 0.0715. The molecule has 1 aliphatic rings. The monoisotopic (exact) mass is 462 g/mol. The van der Waals surface area contributed by atoms with Gasteiger partial charge in [-0.1, -0.05) is 49.0 Å². The highest BCUT2D eigenvalue weighted by molar-refractivity contribution is 7.98. The van der Waals surface area contributed by atoms with Gasteiger partial charge in [-0.3, -0.25) is 14.2 Å². The fourth-order valence-electron chi connectivity index (χ4n) is 4.38. The molecule has 2 amide bonds. The second kappa shape index (κ2) is 10.7. The lowest BCUT2D eigenvalue weighted by molar-refractivity contribution is -0.134. The third kappa shape index (κ3) is 5.30. The van der Waals surface area contributed by atoms with E-state index in [-0.39, 0.29) is 23.8 Å². The van der Waals surface area contributed by atoms with Crippen molar-refractivity contribution >= 4 is 23.6 Å². The maximum Gasteiger partial charge on any atom is 0.251 e. The smallest absolute Gasteiger partial charge is 0.251 e. The Labute approximate surface area is 199 Å². The number of carbonyl (C=O) groups excluding carboxylic acids is 2. The normalized spacial score (nSPS) is 15.3. The molecule has 1 fully saturated rings. The molecule has 33 heavy (non-hydrogen) atoms. The van der Waals surface area contributed by atoms with Gasteiger partial charge in [0.2, 0.25) is 5.91 Å². The van der Waals surface area contributed by atoms with E-state index in [1.807, 2.05) is 76.5 Å². The Morgan fingerprint density at radius 2 is 1.79 bits per heavy atom. The lowest BCUT2D eigenvalue weighted by Crippen LogP contribution is -2.47. The third-order valence-corrected chi connectivity index (χ3v) is 6.91. The minimum atomic E-state index is -0.0991. The number of piperidine rings is 1. The van der Waals surface area contributed by atoms with Crippen molar-refractivity contribution in [2.24, 2.45) is 0 Å². The van der Waals surface area contributed by atoms with Crippen molar-refractivity contribution in [3.8, 4) is 5.69 Å². The largest absolute Gasteiger partial charge is 0.349 e. The number of benzene rings is 2. The van der Waals surface area contributed by atoms with E-state index >= 15 is 0 Å². The zero-order chi connectivity index (χ0) is 23.2. The van der Waals surface area contributed by atoms with E-state index in [2.05, 4.69) is 17.2 Å². The summed E-state index contributed by atoms with van der Waals surface area (Å²) in [6.45, 7) is 3.40. The van der Waals surface area contributed by atoms with Gasteiger partial charge in [0, 0.05) is 42.8 Å². The summed E-state index contributed by atoms with van der Waals surface area (Å²) >= 11 is 1.58. The molecule has 1 aliphatic heterocycles. The first kappa shape index (κ1) is 23.1. The summed E-state index contributed by atoms with van der Waals surface area (Å²) in [6.07, 6.45) is 8.00. The number of hydrogen-bond acceptors (Lipinski definition) is 4. The highest BCUT2D eigenvalue weighted by atomic mass is 32.2. The molecule has 7 heteroatoms. The fraction of sp³-hybridized carbons (Fsp3) is 0.346. The van der Waals surface area contributed by atoms with Crippen LogP contribution in [0.1, 0.15) is 48.0 Å². The number of hydrogen-bond donors (Lipinski definition) is 1. The Bertz CT molecular complexity index is 1070. The quantitative estimate of drug-likeness (QED) is 0.525. The van der Waals surface area contributed by atoms with Crippen LogP contribution in [0.15, 0.2) is 72.1 Å². The molecule has 0 saturated carbocycles. The lowest BCUT2D eigenvalue weighted by atomic mass is 9.93. The predicted molar refractivity (Wildman–Crippen MR) is 132 cm³/mol. The third-order valence-electron chi connectivity index (χ3n) is 6.25. The van der Waals surface area contributed by atoms with Gasteiger partial charge < -0.3 is 10.2 Å². The summed E-state index contributed by atoms with van der Waals surface area (Å²) in [5, 5.41) is 4.05. The van der Waals surface area contributed by atoms with Crippen LogP contribution in [0.2, 0.25) is 0 Å². The number of nitrogens with one attached hydrogen (secondary N) is 1. The van der Waals surface area contributed by atoms with Crippen molar-refractivity contribution in [2.75, 3.05) is 19.3 Å². The number of amides is 2. The van der Waals surface area contributed by atoms with E-state index in [0.717, 1.165) is 35.7 Å². The van der Waals surface area contributed by atoms with E-state index in [1.165, 1.54) is 0 Å². The van der Waals surface area contributed by atoms with Crippen molar-refractivity contribution in [3.05, 3.63) is 78.1 Å². The summed E-state index contributed by atoms with van der Waals surface area (Å²) in [5.74, 6) is 0.0175. The van der Waals surface area contributed by atoms with Crippen LogP contribution in [-0.2, 0) is 4.79 Å². The van der Waals surface area contributed by atoms with E-state index in [0.29, 0.717) is 18.7 Å². The van der Waals surface area contributed by atoms with Crippen molar-refractivity contribution in [1.82, 2.24) is 19.8 Å². The summed E-state index contributed by atoms with van der Waals surface area (Å²) in [6, 6.07) is 17.6. The predicted octanol–water partition coefficient (Wildman–Crippen LogP) is 4.51. The Kier molecular flexibility index (Phi) is 7.50. The van der Waals surface area contributed by atoms with E-state index < -0.39 is 0 Å². The molecule has 172 valence electrons. The molecule has 1 atom stereocenters. The number of carbonyl (C=O) groups is 2. The standard InChI is InChI=1S/C26H30N4O2S/c1-3-23(19-7-5-4-6-8-19)25(32)29-16-13-21(14-17-29)28-24(31)20-9-11-22(12-10-20)30-18-15-27-26(30)33-2/h4-12,15,18,21,23H,3,13-14,16-17H2,1-2H3,(H,28,31). The summed E-state index contributed by atoms with van der Waals surface area (Å²) < 4.78 is 2.00. The molecule has 1 saturated heterocycles. The van der Waals surface area contributed by atoms with Crippen molar-refractivity contribution < 1.29 is 9.59 Å². The molecule has 6 nitrogen and oxygen atoms in total. The van der Waals surface area contributed by atoms with Crippen LogP contribution >= 0.6 is 11.8 Å². The molecule has 0 spiro atoms. The molecule has 3 aromatic rings. The Morgan fingerprint density at radius 1 is 1.09 bits per heavy atom. The molecule has 2 aromatic carbocycles. The van der Waals surface area contributed by atoms with Crippen molar-refractivity contribution in [3.63, 3.8) is 0 Å². The summed E-state index contributed by atoms with van der Waals surface area (Å²) in [5.41, 5.74) is 2.69. The van der Waals surface area contributed by atoms with Gasteiger partial charge in [0.05, 0.1) is 5.92 Å². The number of thioether (sulfide) groups is 1. The number of aromatic nitrogens is 2. The summed E-state index contributed by atoms with van der Waals surface area (Å²) in [4.78, 5) is 32.1. The maximum absolute atomic E-state index is 13.1. The molecule has 1 aromatic heterocycles. The van der Waals surface area contributed by atoms with Gasteiger partial charge in [-0.25, -0.2) is 4.98 Å². The fourth-order valence-corrected chi connectivity index (χ4v) is 4.91. The molecule has 1 unspecified atom stereocenters. The van der Waals surface area contributed by atoms with E-state index in [9.17, 15) is 9.59 Å².